The van der Waals surface area contributed by atoms with Gasteiger partial charge in [-0.25, -0.2) is 9.97 Å². The van der Waals surface area contributed by atoms with E-state index >= 15 is 0 Å². The van der Waals surface area contributed by atoms with Gasteiger partial charge in [-0.3, -0.25) is 4.79 Å². The minimum Gasteiger partial charge on any atom is -0.396 e. The minimum atomic E-state index is -0.168. The van der Waals surface area contributed by atoms with Gasteiger partial charge < -0.3 is 24.7 Å². The number of nitrogens with one attached hydrogen (secondary N) is 1. The van der Waals surface area contributed by atoms with Gasteiger partial charge in [-0.1, -0.05) is 25.3 Å². The van der Waals surface area contributed by atoms with Gasteiger partial charge in [0.05, 0.1) is 34.1 Å². The Balaban J connectivity index is 1.43. The van der Waals surface area contributed by atoms with Crippen LogP contribution in [0.3, 0.4) is 0 Å². The smallest absolute Gasteiger partial charge is 0.261 e. The number of aromatic nitrogens is 4. The number of hydrogen-bond donors (Lipinski definition) is 3. The van der Waals surface area contributed by atoms with E-state index in [0.29, 0.717) is 30.0 Å². The maximum Gasteiger partial charge on any atom is 0.261 e. The first kappa shape index (κ1) is 21.8. The van der Waals surface area contributed by atoms with Crippen molar-refractivity contribution in [1.82, 2.24) is 19.5 Å². The summed E-state index contributed by atoms with van der Waals surface area (Å²) in [7, 11) is 0. The van der Waals surface area contributed by atoms with E-state index in [-0.39, 0.29) is 30.6 Å². The third kappa shape index (κ3) is 3.54. The van der Waals surface area contributed by atoms with Crippen molar-refractivity contribution in [2.45, 2.75) is 38.1 Å². The van der Waals surface area contributed by atoms with E-state index in [0.717, 1.165) is 26.5 Å². The molecule has 2 fully saturated rings. The lowest BCUT2D eigenvalue weighted by Gasteiger charge is -2.23. The van der Waals surface area contributed by atoms with E-state index in [1.807, 2.05) is 6.33 Å². The second kappa shape index (κ2) is 8.79. The number of fused-ring (bicyclic) bond motifs is 2. The number of imidazole rings is 1. The van der Waals surface area contributed by atoms with Crippen molar-refractivity contribution in [2.24, 2.45) is 11.8 Å². The summed E-state index contributed by atoms with van der Waals surface area (Å²) in [4.78, 5) is 27.9. The van der Waals surface area contributed by atoms with Crippen LogP contribution in [0.2, 0.25) is 0 Å². The first-order valence-electron chi connectivity index (χ1n) is 12.1. The Morgan fingerprint density at radius 1 is 1.06 bits per heavy atom. The standard InChI is InChI=1S/C25H29N5O3S/c31-11-16-9-29(10-17(16)12-32)25-21-22(26-13-27-24(21)33)23(34-25)15-6-7-20-19(8-15)28-14-30(20)18-4-2-1-3-5-18/h6-8,13-14,16-18,31-32H,1-5,9-12H2,(H,26,27,33). The molecule has 3 N–H and O–H groups in total. The summed E-state index contributed by atoms with van der Waals surface area (Å²) in [6.45, 7) is 1.26. The lowest BCUT2D eigenvalue weighted by atomic mass is 9.95. The number of anilines is 1. The fourth-order valence-corrected chi connectivity index (χ4v) is 6.99. The number of rotatable bonds is 5. The zero-order chi connectivity index (χ0) is 23.2. The molecule has 4 heterocycles. The SMILES string of the molecule is O=c1[nH]cnc2c(-c3ccc4c(c3)ncn4C3CCCCC3)sc(N3CC(CO)C(CO)C3)c12. The lowest BCUT2D eigenvalue weighted by Crippen LogP contribution is -2.21. The van der Waals surface area contributed by atoms with Crippen LogP contribution in [0.25, 0.3) is 32.4 Å². The highest BCUT2D eigenvalue weighted by Crippen LogP contribution is 2.44. The zero-order valence-electron chi connectivity index (χ0n) is 19.0. The Morgan fingerprint density at radius 2 is 1.82 bits per heavy atom. The molecule has 0 spiro atoms. The van der Waals surface area contributed by atoms with Gasteiger partial charge in [0.1, 0.15) is 10.4 Å². The summed E-state index contributed by atoms with van der Waals surface area (Å²) in [5, 5.41) is 20.9. The molecule has 0 bridgehead atoms. The summed E-state index contributed by atoms with van der Waals surface area (Å²) in [6, 6.07) is 6.87. The van der Waals surface area contributed by atoms with Crippen LogP contribution in [0.15, 0.2) is 35.6 Å². The highest BCUT2D eigenvalue weighted by Gasteiger charge is 2.34. The number of H-pyrrole nitrogens is 1. The molecule has 2 aliphatic rings. The van der Waals surface area contributed by atoms with Gasteiger partial charge in [-0.15, -0.1) is 11.3 Å². The molecule has 3 aromatic heterocycles. The highest BCUT2D eigenvalue weighted by atomic mass is 32.1. The fraction of sp³-hybridized carbons (Fsp3) is 0.480. The lowest BCUT2D eigenvalue weighted by molar-refractivity contribution is 0.152. The monoisotopic (exact) mass is 479 g/mol. The number of thiophene rings is 1. The molecule has 1 aromatic carbocycles. The van der Waals surface area contributed by atoms with Crippen LogP contribution in [-0.2, 0) is 0 Å². The van der Waals surface area contributed by atoms with Crippen molar-refractivity contribution in [3.63, 3.8) is 0 Å². The van der Waals surface area contributed by atoms with Gasteiger partial charge in [-0.05, 0) is 30.5 Å². The maximum atomic E-state index is 12.9. The van der Waals surface area contributed by atoms with Gasteiger partial charge in [0.25, 0.3) is 5.56 Å². The molecule has 1 aliphatic heterocycles. The van der Waals surface area contributed by atoms with Gasteiger partial charge in [0.2, 0.25) is 0 Å². The number of aliphatic hydroxyl groups is 2. The Labute approximate surface area is 200 Å². The van der Waals surface area contributed by atoms with Crippen LogP contribution in [0.1, 0.15) is 38.1 Å². The molecule has 6 rings (SSSR count). The summed E-state index contributed by atoms with van der Waals surface area (Å²) < 4.78 is 2.33. The molecular weight excluding hydrogens is 450 g/mol. The summed E-state index contributed by atoms with van der Waals surface area (Å²) in [5.74, 6) is -0.0251. The molecular formula is C25H29N5O3S. The van der Waals surface area contributed by atoms with Gasteiger partial charge in [0, 0.05) is 44.2 Å². The number of aromatic amines is 1. The summed E-state index contributed by atoms with van der Waals surface area (Å²) in [6.07, 6.45) is 9.71. The van der Waals surface area contributed by atoms with E-state index in [1.165, 1.54) is 38.4 Å². The molecule has 34 heavy (non-hydrogen) atoms. The Kier molecular flexibility index (Phi) is 5.63. The quantitative estimate of drug-likeness (QED) is 0.404. The van der Waals surface area contributed by atoms with Crippen molar-refractivity contribution < 1.29 is 10.2 Å². The third-order valence-electron chi connectivity index (χ3n) is 7.62. The fourth-order valence-electron chi connectivity index (χ4n) is 5.73. The van der Waals surface area contributed by atoms with Crippen LogP contribution < -0.4 is 10.5 Å². The molecule has 0 radical (unpaired) electrons. The highest BCUT2D eigenvalue weighted by molar-refractivity contribution is 7.21. The molecule has 4 aromatic rings. The molecule has 9 heteroatoms. The van der Waals surface area contributed by atoms with Crippen LogP contribution >= 0.6 is 11.3 Å². The van der Waals surface area contributed by atoms with E-state index in [1.54, 1.807) is 11.3 Å². The number of nitrogens with zero attached hydrogens (tertiary/aromatic N) is 4. The topological polar surface area (TPSA) is 107 Å². The zero-order valence-corrected chi connectivity index (χ0v) is 19.8. The first-order valence-corrected chi connectivity index (χ1v) is 12.9. The molecule has 1 saturated heterocycles. The number of aliphatic hydroxyl groups excluding tert-OH is 2. The number of hydrogen-bond acceptors (Lipinski definition) is 7. The molecule has 8 nitrogen and oxygen atoms in total. The van der Waals surface area contributed by atoms with E-state index in [9.17, 15) is 15.0 Å². The molecule has 1 saturated carbocycles. The molecule has 2 unspecified atom stereocenters. The molecule has 178 valence electrons. The third-order valence-corrected chi connectivity index (χ3v) is 8.91. The van der Waals surface area contributed by atoms with Crippen molar-refractivity contribution >= 4 is 38.3 Å². The second-order valence-electron chi connectivity index (χ2n) is 9.63. The van der Waals surface area contributed by atoms with E-state index < -0.39 is 0 Å². The Bertz CT molecular complexity index is 1370. The van der Waals surface area contributed by atoms with Crippen molar-refractivity contribution in [2.75, 3.05) is 31.2 Å². The minimum absolute atomic E-state index is 0.0125. The summed E-state index contributed by atoms with van der Waals surface area (Å²) in [5.41, 5.74) is 3.62. The number of benzene rings is 1. The Hall–Kier alpha value is -2.75. The van der Waals surface area contributed by atoms with Crippen LogP contribution in [0.4, 0.5) is 5.00 Å². The van der Waals surface area contributed by atoms with Crippen molar-refractivity contribution in [3.8, 4) is 10.4 Å². The normalized spacial score (nSPS) is 21.8. The van der Waals surface area contributed by atoms with Crippen molar-refractivity contribution in [1.29, 1.82) is 0 Å². The second-order valence-corrected chi connectivity index (χ2v) is 10.6. The maximum absolute atomic E-state index is 12.9. The van der Waals surface area contributed by atoms with Gasteiger partial charge in [0.15, 0.2) is 0 Å². The molecule has 0 amide bonds. The van der Waals surface area contributed by atoms with Crippen molar-refractivity contribution in [3.05, 3.63) is 41.2 Å². The summed E-state index contributed by atoms with van der Waals surface area (Å²) >= 11 is 1.55. The Morgan fingerprint density at radius 3 is 2.56 bits per heavy atom. The largest absolute Gasteiger partial charge is 0.396 e. The van der Waals surface area contributed by atoms with E-state index in [2.05, 4.69) is 37.6 Å². The average molecular weight is 480 g/mol. The van der Waals surface area contributed by atoms with Crippen LogP contribution in [-0.4, -0.2) is 56.0 Å². The van der Waals surface area contributed by atoms with Gasteiger partial charge >= 0.3 is 0 Å². The molecule has 1 aliphatic carbocycles. The van der Waals surface area contributed by atoms with E-state index in [4.69, 9.17) is 4.98 Å². The van der Waals surface area contributed by atoms with Crippen LogP contribution in [0.5, 0.6) is 0 Å². The predicted molar refractivity (Wildman–Crippen MR) is 134 cm³/mol. The van der Waals surface area contributed by atoms with Crippen LogP contribution in [0, 0.1) is 11.8 Å². The van der Waals surface area contributed by atoms with Gasteiger partial charge in [-0.2, -0.15) is 0 Å². The first-order chi connectivity index (χ1) is 16.7. The predicted octanol–water partition coefficient (Wildman–Crippen LogP) is 3.54. The molecule has 2 atom stereocenters. The average Bonchev–Trinajstić information content (AvgIpc) is 3.59.